The number of rotatable bonds is 5. The number of carbonyl (C=O) groups excluding carboxylic acids is 1. The molecule has 1 amide bonds. The zero-order chi connectivity index (χ0) is 19.3. The molecule has 1 N–H and O–H groups in total. The molecule has 1 fully saturated rings. The van der Waals surface area contributed by atoms with Crippen molar-refractivity contribution in [2.45, 2.75) is 19.4 Å². The van der Waals surface area contributed by atoms with E-state index in [1.807, 2.05) is 29.6 Å². The smallest absolute Gasteiger partial charge is 0.223 e. The molecule has 1 aliphatic heterocycles. The van der Waals surface area contributed by atoms with Gasteiger partial charge in [0.25, 0.3) is 0 Å². The summed E-state index contributed by atoms with van der Waals surface area (Å²) in [6, 6.07) is 14.2. The van der Waals surface area contributed by atoms with Gasteiger partial charge in [-0.1, -0.05) is 18.2 Å². The van der Waals surface area contributed by atoms with Crippen LogP contribution in [0.4, 0.5) is 10.2 Å². The summed E-state index contributed by atoms with van der Waals surface area (Å²) in [5.74, 6) is 0.637. The van der Waals surface area contributed by atoms with Gasteiger partial charge < -0.3 is 10.2 Å². The fraction of sp³-hybridized carbons (Fsp3) is 0.286. The lowest BCUT2D eigenvalue weighted by molar-refractivity contribution is -0.125. The summed E-state index contributed by atoms with van der Waals surface area (Å²) in [4.78, 5) is 15.7. The van der Waals surface area contributed by atoms with Crippen molar-refractivity contribution in [3.8, 4) is 10.6 Å². The predicted octanol–water partition coefficient (Wildman–Crippen LogP) is 3.88. The summed E-state index contributed by atoms with van der Waals surface area (Å²) in [5.41, 5.74) is 1.78. The molecule has 3 heterocycles. The number of hydrogen-bond acceptors (Lipinski definition) is 5. The number of aromatic nitrogens is 2. The van der Waals surface area contributed by atoms with Crippen molar-refractivity contribution in [3.63, 3.8) is 0 Å². The number of piperidine rings is 1. The van der Waals surface area contributed by atoms with E-state index < -0.39 is 0 Å². The molecule has 28 heavy (non-hydrogen) atoms. The predicted molar refractivity (Wildman–Crippen MR) is 109 cm³/mol. The Morgan fingerprint density at radius 3 is 2.54 bits per heavy atom. The van der Waals surface area contributed by atoms with E-state index in [-0.39, 0.29) is 17.6 Å². The highest BCUT2D eigenvalue weighted by molar-refractivity contribution is 7.13. The lowest BCUT2D eigenvalue weighted by Crippen LogP contribution is -2.40. The number of carbonyl (C=O) groups is 1. The molecule has 1 aliphatic rings. The lowest BCUT2D eigenvalue weighted by atomic mass is 9.96. The van der Waals surface area contributed by atoms with Crippen molar-refractivity contribution in [1.82, 2.24) is 15.5 Å². The van der Waals surface area contributed by atoms with Gasteiger partial charge in [0.2, 0.25) is 5.91 Å². The molecule has 0 unspecified atom stereocenters. The second kappa shape index (κ2) is 8.48. The first kappa shape index (κ1) is 18.6. The standard InChI is InChI=1S/C21H21FN4OS/c22-17-5-3-15(4-6-17)14-23-21(27)16-9-11-26(12-10-16)20-8-7-18(24-25-20)19-2-1-13-28-19/h1-8,13,16H,9-12,14H2,(H,23,27). The Bertz CT molecular complexity index is 905. The Labute approximate surface area is 167 Å². The van der Waals surface area contributed by atoms with E-state index >= 15 is 0 Å². The molecular formula is C21H21FN4OS. The van der Waals surface area contributed by atoms with E-state index in [0.717, 1.165) is 47.9 Å². The second-order valence-electron chi connectivity index (χ2n) is 6.86. The van der Waals surface area contributed by atoms with Crippen LogP contribution in [0, 0.1) is 11.7 Å². The number of halogens is 1. The van der Waals surface area contributed by atoms with Gasteiger partial charge in [0.05, 0.1) is 4.88 Å². The van der Waals surface area contributed by atoms with Gasteiger partial charge in [-0.3, -0.25) is 4.79 Å². The Balaban J connectivity index is 1.28. The van der Waals surface area contributed by atoms with Gasteiger partial charge in [0, 0.05) is 25.6 Å². The summed E-state index contributed by atoms with van der Waals surface area (Å²) in [7, 11) is 0. The van der Waals surface area contributed by atoms with E-state index in [1.54, 1.807) is 23.5 Å². The number of thiophene rings is 1. The van der Waals surface area contributed by atoms with Crippen molar-refractivity contribution in [2.75, 3.05) is 18.0 Å². The quantitative estimate of drug-likeness (QED) is 0.711. The monoisotopic (exact) mass is 396 g/mol. The Hall–Kier alpha value is -2.80. The third kappa shape index (κ3) is 4.36. The molecule has 0 spiro atoms. The maximum Gasteiger partial charge on any atom is 0.223 e. The third-order valence-electron chi connectivity index (χ3n) is 4.99. The minimum atomic E-state index is -0.269. The van der Waals surface area contributed by atoms with Gasteiger partial charge in [-0.05, 0) is 54.1 Å². The molecule has 1 aromatic carbocycles. The average Bonchev–Trinajstić information content (AvgIpc) is 3.28. The first-order chi connectivity index (χ1) is 13.7. The van der Waals surface area contributed by atoms with E-state index in [1.165, 1.54) is 12.1 Å². The number of nitrogens with zero attached hydrogens (tertiary/aromatic N) is 3. The molecule has 0 radical (unpaired) electrons. The molecule has 5 nitrogen and oxygen atoms in total. The SMILES string of the molecule is O=C(NCc1ccc(F)cc1)C1CCN(c2ccc(-c3cccs3)nn2)CC1. The Morgan fingerprint density at radius 2 is 1.89 bits per heavy atom. The fourth-order valence-electron chi connectivity index (χ4n) is 3.36. The first-order valence-electron chi connectivity index (χ1n) is 9.34. The summed E-state index contributed by atoms with van der Waals surface area (Å²) in [6.45, 7) is 1.98. The van der Waals surface area contributed by atoms with Gasteiger partial charge >= 0.3 is 0 Å². The number of nitrogens with one attached hydrogen (secondary N) is 1. The largest absolute Gasteiger partial charge is 0.355 e. The highest BCUT2D eigenvalue weighted by Gasteiger charge is 2.25. The lowest BCUT2D eigenvalue weighted by Gasteiger charge is -2.31. The zero-order valence-corrected chi connectivity index (χ0v) is 16.2. The summed E-state index contributed by atoms with van der Waals surface area (Å²) in [5, 5.41) is 13.7. The molecule has 1 saturated heterocycles. The van der Waals surface area contributed by atoms with Crippen molar-refractivity contribution in [2.24, 2.45) is 5.92 Å². The van der Waals surface area contributed by atoms with Gasteiger partial charge in [0.1, 0.15) is 11.5 Å². The fourth-order valence-corrected chi connectivity index (χ4v) is 4.05. The van der Waals surface area contributed by atoms with Crippen LogP contribution >= 0.6 is 11.3 Å². The second-order valence-corrected chi connectivity index (χ2v) is 7.81. The molecule has 7 heteroatoms. The summed E-state index contributed by atoms with van der Waals surface area (Å²) in [6.07, 6.45) is 1.56. The summed E-state index contributed by atoms with van der Waals surface area (Å²) < 4.78 is 12.9. The number of amides is 1. The van der Waals surface area contributed by atoms with Crippen LogP contribution in [0.1, 0.15) is 18.4 Å². The van der Waals surface area contributed by atoms with Crippen LogP contribution in [0.5, 0.6) is 0 Å². The van der Waals surface area contributed by atoms with Crippen molar-refractivity contribution in [3.05, 3.63) is 65.3 Å². The molecule has 0 atom stereocenters. The average molecular weight is 396 g/mol. The van der Waals surface area contributed by atoms with E-state index in [0.29, 0.717) is 6.54 Å². The van der Waals surface area contributed by atoms with Gasteiger partial charge in [-0.15, -0.1) is 21.5 Å². The van der Waals surface area contributed by atoms with Gasteiger partial charge in [-0.25, -0.2) is 4.39 Å². The highest BCUT2D eigenvalue weighted by atomic mass is 32.1. The normalized spacial score (nSPS) is 14.8. The molecular weight excluding hydrogens is 375 g/mol. The van der Waals surface area contributed by atoms with E-state index in [4.69, 9.17) is 0 Å². The molecule has 0 aliphatic carbocycles. The van der Waals surface area contributed by atoms with Crippen LogP contribution in [0.2, 0.25) is 0 Å². The number of benzene rings is 1. The van der Waals surface area contributed by atoms with E-state index in [9.17, 15) is 9.18 Å². The van der Waals surface area contributed by atoms with Crippen molar-refractivity contribution < 1.29 is 9.18 Å². The first-order valence-corrected chi connectivity index (χ1v) is 10.2. The molecule has 2 aromatic heterocycles. The number of anilines is 1. The van der Waals surface area contributed by atoms with Crippen LogP contribution in [-0.4, -0.2) is 29.2 Å². The number of hydrogen-bond donors (Lipinski definition) is 1. The zero-order valence-electron chi connectivity index (χ0n) is 15.3. The third-order valence-corrected chi connectivity index (χ3v) is 5.89. The maximum absolute atomic E-state index is 12.9. The minimum absolute atomic E-state index is 0.00458. The Morgan fingerprint density at radius 1 is 1.11 bits per heavy atom. The summed E-state index contributed by atoms with van der Waals surface area (Å²) >= 11 is 1.65. The maximum atomic E-state index is 12.9. The molecule has 3 aromatic rings. The van der Waals surface area contributed by atoms with Crippen LogP contribution < -0.4 is 10.2 Å². The van der Waals surface area contributed by atoms with Gasteiger partial charge in [0.15, 0.2) is 5.82 Å². The minimum Gasteiger partial charge on any atom is -0.355 e. The molecule has 0 saturated carbocycles. The van der Waals surface area contributed by atoms with Crippen LogP contribution in [-0.2, 0) is 11.3 Å². The molecule has 4 rings (SSSR count). The highest BCUT2D eigenvalue weighted by Crippen LogP contribution is 2.25. The van der Waals surface area contributed by atoms with Crippen LogP contribution in [0.15, 0.2) is 53.9 Å². The van der Waals surface area contributed by atoms with Crippen molar-refractivity contribution >= 4 is 23.1 Å². The van der Waals surface area contributed by atoms with Gasteiger partial charge in [-0.2, -0.15) is 0 Å². The van der Waals surface area contributed by atoms with Crippen LogP contribution in [0.25, 0.3) is 10.6 Å². The topological polar surface area (TPSA) is 58.1 Å². The van der Waals surface area contributed by atoms with E-state index in [2.05, 4.69) is 20.4 Å². The van der Waals surface area contributed by atoms with Crippen LogP contribution in [0.3, 0.4) is 0 Å². The molecule has 0 bridgehead atoms. The Kier molecular flexibility index (Phi) is 5.62. The molecule has 144 valence electrons. The van der Waals surface area contributed by atoms with Crippen molar-refractivity contribution in [1.29, 1.82) is 0 Å².